The third-order valence-corrected chi connectivity index (χ3v) is 3.95. The van der Waals surface area contributed by atoms with Crippen LogP contribution in [0.3, 0.4) is 0 Å². The lowest BCUT2D eigenvalue weighted by molar-refractivity contribution is 0.609. The Bertz CT molecular complexity index is 631. The molecule has 1 aromatic carbocycles. The van der Waals surface area contributed by atoms with Crippen molar-refractivity contribution in [2.75, 3.05) is 0 Å². The second kappa shape index (κ2) is 3.40. The van der Waals surface area contributed by atoms with Crippen LogP contribution in [-0.2, 0) is 16.1 Å². The van der Waals surface area contributed by atoms with Gasteiger partial charge >= 0.3 is 0 Å². The van der Waals surface area contributed by atoms with Crippen LogP contribution in [0.1, 0.15) is 0 Å². The Morgan fingerprint density at radius 3 is 2.53 bits per heavy atom. The first-order valence-electron chi connectivity index (χ1n) is 4.09. The van der Waals surface area contributed by atoms with E-state index in [0.29, 0.717) is 5.15 Å². The van der Waals surface area contributed by atoms with Gasteiger partial charge in [0.1, 0.15) is 5.15 Å². The van der Waals surface area contributed by atoms with E-state index in [1.807, 2.05) is 0 Å². The predicted octanol–water partition coefficient (Wildman–Crippen LogP) is 2.76. The summed E-state index contributed by atoms with van der Waals surface area (Å²) in [6.07, 6.45) is 0. The predicted molar refractivity (Wildman–Crippen MR) is 61.0 cm³/mol. The van der Waals surface area contributed by atoms with Crippen molar-refractivity contribution in [1.82, 2.24) is 4.57 Å². The van der Waals surface area contributed by atoms with Crippen molar-refractivity contribution in [1.29, 1.82) is 0 Å². The van der Waals surface area contributed by atoms with Crippen LogP contribution < -0.4 is 0 Å². The fourth-order valence-electron chi connectivity index (χ4n) is 1.45. The molecule has 0 spiro atoms. The van der Waals surface area contributed by atoms with Crippen LogP contribution in [0.15, 0.2) is 29.2 Å². The molecule has 0 bridgehead atoms. The van der Waals surface area contributed by atoms with Crippen LogP contribution in [0, 0.1) is 0 Å². The largest absolute Gasteiger partial charge is 0.335 e. The van der Waals surface area contributed by atoms with Crippen molar-refractivity contribution in [3.63, 3.8) is 0 Å². The number of hydrogen-bond acceptors (Lipinski definition) is 2. The molecule has 15 heavy (non-hydrogen) atoms. The van der Waals surface area contributed by atoms with E-state index in [4.69, 9.17) is 22.3 Å². The van der Waals surface area contributed by atoms with Crippen molar-refractivity contribution in [3.05, 3.63) is 29.4 Å². The molecule has 0 amide bonds. The molecule has 0 radical (unpaired) electrons. The van der Waals surface area contributed by atoms with Gasteiger partial charge in [0, 0.05) is 28.6 Å². The number of aryl methyl sites for hydroxylation is 1. The summed E-state index contributed by atoms with van der Waals surface area (Å²) in [7, 11) is 3.37. The minimum absolute atomic E-state index is 0.0823. The third-order valence-electron chi connectivity index (χ3n) is 2.24. The standard InChI is InChI=1S/C9H7Cl2NO2S/c1-12-8-3-2-7(15(11,13)14)4-6(8)5-9(12)10/h2-5H,1H3. The van der Waals surface area contributed by atoms with Gasteiger partial charge in [-0.2, -0.15) is 0 Å². The molecule has 0 N–H and O–H groups in total. The van der Waals surface area contributed by atoms with Gasteiger partial charge in [-0.25, -0.2) is 8.42 Å². The molecule has 1 heterocycles. The second-order valence-corrected chi connectivity index (χ2v) is 6.14. The van der Waals surface area contributed by atoms with Gasteiger partial charge in [0.05, 0.1) is 4.90 Å². The van der Waals surface area contributed by atoms with Gasteiger partial charge in [0.2, 0.25) is 0 Å². The molecule has 0 aliphatic heterocycles. The number of hydrogen-bond donors (Lipinski definition) is 0. The summed E-state index contributed by atoms with van der Waals surface area (Å²) >= 11 is 5.90. The maximum Gasteiger partial charge on any atom is 0.261 e. The van der Waals surface area contributed by atoms with E-state index in [2.05, 4.69) is 0 Å². The van der Waals surface area contributed by atoms with E-state index in [0.717, 1.165) is 10.9 Å². The first-order valence-corrected chi connectivity index (χ1v) is 6.78. The normalized spacial score (nSPS) is 12.2. The first-order chi connectivity index (χ1) is 6.89. The molecule has 0 fully saturated rings. The lowest BCUT2D eigenvalue weighted by atomic mass is 10.2. The summed E-state index contributed by atoms with van der Waals surface area (Å²) < 4.78 is 24.0. The molecule has 2 aromatic rings. The molecule has 0 aliphatic carbocycles. The summed E-state index contributed by atoms with van der Waals surface area (Å²) in [5, 5.41) is 1.30. The Morgan fingerprint density at radius 1 is 1.27 bits per heavy atom. The van der Waals surface area contributed by atoms with E-state index < -0.39 is 9.05 Å². The lowest BCUT2D eigenvalue weighted by Gasteiger charge is -1.99. The number of fused-ring (bicyclic) bond motifs is 1. The smallest absolute Gasteiger partial charge is 0.261 e. The Hall–Kier alpha value is -0.710. The molecule has 80 valence electrons. The highest BCUT2D eigenvalue weighted by molar-refractivity contribution is 8.13. The van der Waals surface area contributed by atoms with Crippen LogP contribution in [-0.4, -0.2) is 13.0 Å². The number of halogens is 2. The van der Waals surface area contributed by atoms with E-state index in [-0.39, 0.29) is 4.90 Å². The minimum atomic E-state index is -3.68. The van der Waals surface area contributed by atoms with E-state index in [1.54, 1.807) is 23.7 Å². The summed E-state index contributed by atoms with van der Waals surface area (Å²) in [5.41, 5.74) is 0.865. The number of rotatable bonds is 1. The second-order valence-electron chi connectivity index (χ2n) is 3.18. The topological polar surface area (TPSA) is 39.1 Å². The molecule has 2 rings (SSSR count). The molecular formula is C9H7Cl2NO2S. The Kier molecular flexibility index (Phi) is 2.45. The van der Waals surface area contributed by atoms with Crippen LogP contribution in [0.5, 0.6) is 0 Å². The van der Waals surface area contributed by atoms with Crippen LogP contribution >= 0.6 is 22.3 Å². The highest BCUT2D eigenvalue weighted by Gasteiger charge is 2.12. The minimum Gasteiger partial charge on any atom is -0.335 e. The van der Waals surface area contributed by atoms with E-state index in [1.165, 1.54) is 12.1 Å². The van der Waals surface area contributed by atoms with Crippen LogP contribution in [0.4, 0.5) is 0 Å². The molecule has 0 atom stereocenters. The summed E-state index contributed by atoms with van der Waals surface area (Å²) in [6, 6.07) is 6.34. The summed E-state index contributed by atoms with van der Waals surface area (Å²) in [6.45, 7) is 0. The SMILES string of the molecule is Cn1c(Cl)cc2cc(S(=O)(=O)Cl)ccc21. The molecule has 0 unspecified atom stereocenters. The highest BCUT2D eigenvalue weighted by Crippen LogP contribution is 2.26. The van der Waals surface area contributed by atoms with Gasteiger partial charge in [-0.3, -0.25) is 0 Å². The van der Waals surface area contributed by atoms with Crippen molar-refractivity contribution >= 4 is 42.2 Å². The Balaban J connectivity index is 2.78. The van der Waals surface area contributed by atoms with Crippen molar-refractivity contribution < 1.29 is 8.42 Å². The first kappa shape index (κ1) is 10.8. The summed E-state index contributed by atoms with van der Waals surface area (Å²) in [5.74, 6) is 0. The maximum atomic E-state index is 11.1. The highest BCUT2D eigenvalue weighted by atomic mass is 35.7. The average Bonchev–Trinajstić information content (AvgIpc) is 2.41. The van der Waals surface area contributed by atoms with Gasteiger partial charge in [-0.1, -0.05) is 11.6 Å². The van der Waals surface area contributed by atoms with Gasteiger partial charge < -0.3 is 4.57 Å². The molecule has 0 saturated heterocycles. The fourth-order valence-corrected chi connectivity index (χ4v) is 2.44. The molecular weight excluding hydrogens is 257 g/mol. The fraction of sp³-hybridized carbons (Fsp3) is 0.111. The van der Waals surface area contributed by atoms with Gasteiger partial charge in [0.25, 0.3) is 9.05 Å². The van der Waals surface area contributed by atoms with Crippen molar-refractivity contribution in [3.8, 4) is 0 Å². The van der Waals surface area contributed by atoms with E-state index >= 15 is 0 Å². The molecule has 0 saturated carbocycles. The lowest BCUT2D eigenvalue weighted by Crippen LogP contribution is -1.91. The van der Waals surface area contributed by atoms with Crippen molar-refractivity contribution in [2.45, 2.75) is 4.90 Å². The molecule has 0 aliphatic rings. The van der Waals surface area contributed by atoms with Gasteiger partial charge in [-0.15, -0.1) is 0 Å². The van der Waals surface area contributed by atoms with Crippen LogP contribution in [0.25, 0.3) is 10.9 Å². The Morgan fingerprint density at radius 2 is 1.93 bits per heavy atom. The third kappa shape index (κ3) is 1.85. The quantitative estimate of drug-likeness (QED) is 0.743. The van der Waals surface area contributed by atoms with Crippen molar-refractivity contribution in [2.24, 2.45) is 7.05 Å². The average molecular weight is 264 g/mol. The van der Waals surface area contributed by atoms with E-state index in [9.17, 15) is 8.42 Å². The van der Waals surface area contributed by atoms with Gasteiger partial charge in [-0.05, 0) is 24.3 Å². The molecule has 6 heteroatoms. The zero-order valence-corrected chi connectivity index (χ0v) is 10.1. The maximum absolute atomic E-state index is 11.1. The molecule has 3 nitrogen and oxygen atoms in total. The number of nitrogens with zero attached hydrogens (tertiary/aromatic N) is 1. The monoisotopic (exact) mass is 263 g/mol. The van der Waals surface area contributed by atoms with Crippen LogP contribution in [0.2, 0.25) is 5.15 Å². The zero-order valence-electron chi connectivity index (χ0n) is 7.74. The Labute approximate surface area is 96.6 Å². The van der Waals surface area contributed by atoms with Gasteiger partial charge in [0.15, 0.2) is 0 Å². The summed E-state index contributed by atoms with van der Waals surface area (Å²) in [4.78, 5) is 0.0823. The molecule has 1 aromatic heterocycles. The number of aromatic nitrogens is 1. The number of benzene rings is 1. The zero-order chi connectivity index (χ0) is 11.2.